The molecule has 0 spiro atoms. The summed E-state index contributed by atoms with van der Waals surface area (Å²) in [4.78, 5) is 25.9. The average molecular weight is 392 g/mol. The molecule has 3 rings (SSSR count). The Morgan fingerprint density at radius 3 is 2.41 bits per heavy atom. The van der Waals surface area contributed by atoms with Crippen LogP contribution in [0.4, 0.5) is 0 Å². The number of nitrogens with zero attached hydrogens (tertiary/aromatic N) is 1. The third-order valence-electron chi connectivity index (χ3n) is 5.11. The molecule has 1 N–H and O–H groups in total. The highest BCUT2D eigenvalue weighted by Crippen LogP contribution is 2.29. The average Bonchev–Trinajstić information content (AvgIpc) is 3.06. The molecule has 0 aliphatic carbocycles. The summed E-state index contributed by atoms with van der Waals surface area (Å²) >= 11 is 0. The summed E-state index contributed by atoms with van der Waals surface area (Å²) < 4.78 is 5.67. The highest BCUT2D eigenvalue weighted by Gasteiger charge is 2.14. The lowest BCUT2D eigenvalue weighted by atomic mass is 9.95. The van der Waals surface area contributed by atoms with Crippen LogP contribution in [0.25, 0.3) is 11.0 Å². The molecule has 2 amide bonds. The van der Waals surface area contributed by atoms with Gasteiger partial charge in [0.05, 0.1) is 12.7 Å². The van der Waals surface area contributed by atoms with Crippen molar-refractivity contribution in [2.45, 2.75) is 39.7 Å². The lowest BCUT2D eigenvalue weighted by molar-refractivity contribution is -0.120. The molecule has 5 nitrogen and oxygen atoms in total. The van der Waals surface area contributed by atoms with Gasteiger partial charge in [-0.3, -0.25) is 9.59 Å². The van der Waals surface area contributed by atoms with Crippen LogP contribution in [0, 0.1) is 6.92 Å². The largest absolute Gasteiger partial charge is 0.464 e. The molecule has 2 aromatic carbocycles. The fourth-order valence-corrected chi connectivity index (χ4v) is 3.46. The Balaban J connectivity index is 1.65. The van der Waals surface area contributed by atoms with Gasteiger partial charge in [-0.2, -0.15) is 0 Å². The first kappa shape index (κ1) is 20.6. The summed E-state index contributed by atoms with van der Waals surface area (Å²) in [6.45, 7) is 6.83. The second kappa shape index (κ2) is 8.52. The molecule has 5 heteroatoms. The minimum Gasteiger partial charge on any atom is -0.464 e. The summed E-state index contributed by atoms with van der Waals surface area (Å²) in [5, 5.41) is 3.95. The van der Waals surface area contributed by atoms with Crippen LogP contribution in [0.3, 0.4) is 0 Å². The molecule has 1 aromatic heterocycles. The predicted octanol–water partition coefficient (Wildman–Crippen LogP) is 4.43. The van der Waals surface area contributed by atoms with E-state index in [1.54, 1.807) is 32.5 Å². The van der Waals surface area contributed by atoms with E-state index in [4.69, 9.17) is 4.42 Å². The van der Waals surface area contributed by atoms with Gasteiger partial charge in [-0.05, 0) is 53.8 Å². The Morgan fingerprint density at radius 2 is 1.79 bits per heavy atom. The molecule has 3 aromatic rings. The third-order valence-corrected chi connectivity index (χ3v) is 5.11. The zero-order chi connectivity index (χ0) is 21.1. The Kier molecular flexibility index (Phi) is 6.06. The van der Waals surface area contributed by atoms with Gasteiger partial charge in [-0.25, -0.2) is 0 Å². The van der Waals surface area contributed by atoms with Gasteiger partial charge >= 0.3 is 0 Å². The maximum Gasteiger partial charge on any atom is 0.253 e. The Bertz CT molecular complexity index is 1030. The summed E-state index contributed by atoms with van der Waals surface area (Å²) in [5.74, 6) is 0.314. The van der Waals surface area contributed by atoms with Crippen LogP contribution < -0.4 is 5.32 Å². The minimum absolute atomic E-state index is 0.0385. The van der Waals surface area contributed by atoms with Crippen molar-refractivity contribution in [1.82, 2.24) is 10.2 Å². The quantitative estimate of drug-likeness (QED) is 0.675. The van der Waals surface area contributed by atoms with Crippen molar-refractivity contribution in [3.63, 3.8) is 0 Å². The predicted molar refractivity (Wildman–Crippen MR) is 115 cm³/mol. The van der Waals surface area contributed by atoms with E-state index in [2.05, 4.69) is 32.2 Å². The number of furan rings is 1. The topological polar surface area (TPSA) is 62.6 Å². The number of fused-ring (bicyclic) bond motifs is 1. The Morgan fingerprint density at radius 1 is 1.10 bits per heavy atom. The minimum atomic E-state index is -0.0622. The molecule has 1 heterocycles. The SMILES string of the molecule is Cc1cc2occ(CC(=O)NCc3ccc(C(=O)N(C)C)cc3)c2cc1C(C)C. The third kappa shape index (κ3) is 4.67. The highest BCUT2D eigenvalue weighted by atomic mass is 16.3. The van der Waals surface area contributed by atoms with Crippen molar-refractivity contribution >= 4 is 22.8 Å². The fraction of sp³-hybridized carbons (Fsp3) is 0.333. The molecular formula is C24H28N2O3. The number of rotatable bonds is 6. The van der Waals surface area contributed by atoms with Crippen molar-refractivity contribution in [2.75, 3.05) is 14.1 Å². The number of benzene rings is 2. The summed E-state index contributed by atoms with van der Waals surface area (Å²) in [6, 6.07) is 11.5. The van der Waals surface area contributed by atoms with Crippen LogP contribution in [-0.4, -0.2) is 30.8 Å². The van der Waals surface area contributed by atoms with Crippen LogP contribution in [0.15, 0.2) is 47.1 Å². The maximum atomic E-state index is 12.5. The number of aryl methyl sites for hydroxylation is 1. The molecule has 0 aliphatic rings. The number of amides is 2. The van der Waals surface area contributed by atoms with Gasteiger partial charge in [0.25, 0.3) is 5.91 Å². The van der Waals surface area contributed by atoms with E-state index in [-0.39, 0.29) is 18.2 Å². The lowest BCUT2D eigenvalue weighted by Crippen LogP contribution is -2.24. The standard InChI is InChI=1S/C24H28N2O3/c1-15(2)20-12-21-19(14-29-22(21)10-16(20)3)11-23(27)25-13-17-6-8-18(9-7-17)24(28)26(4)5/h6-10,12,14-15H,11,13H2,1-5H3,(H,25,27). The van der Waals surface area contributed by atoms with Gasteiger partial charge in [0.1, 0.15) is 5.58 Å². The van der Waals surface area contributed by atoms with Gasteiger partial charge in [-0.15, -0.1) is 0 Å². The van der Waals surface area contributed by atoms with Crippen LogP contribution >= 0.6 is 0 Å². The zero-order valence-electron chi connectivity index (χ0n) is 17.7. The zero-order valence-corrected chi connectivity index (χ0v) is 17.7. The van der Waals surface area contributed by atoms with Crippen LogP contribution in [0.5, 0.6) is 0 Å². The molecule has 0 aliphatic heterocycles. The number of nitrogens with one attached hydrogen (secondary N) is 1. The van der Waals surface area contributed by atoms with E-state index < -0.39 is 0 Å². The van der Waals surface area contributed by atoms with Crippen LogP contribution in [0.2, 0.25) is 0 Å². The fourth-order valence-electron chi connectivity index (χ4n) is 3.46. The molecular weight excluding hydrogens is 364 g/mol. The molecule has 0 bridgehead atoms. The van der Waals surface area contributed by atoms with Crippen molar-refractivity contribution in [1.29, 1.82) is 0 Å². The smallest absolute Gasteiger partial charge is 0.253 e. The molecule has 152 valence electrons. The van der Waals surface area contributed by atoms with E-state index in [0.717, 1.165) is 22.1 Å². The van der Waals surface area contributed by atoms with Crippen molar-refractivity contribution < 1.29 is 14.0 Å². The number of hydrogen-bond donors (Lipinski definition) is 1. The molecule has 0 fully saturated rings. The van der Waals surface area contributed by atoms with E-state index >= 15 is 0 Å². The Hall–Kier alpha value is -3.08. The first-order chi connectivity index (χ1) is 13.8. The van der Waals surface area contributed by atoms with Crippen LogP contribution in [0.1, 0.15) is 52.4 Å². The van der Waals surface area contributed by atoms with Crippen LogP contribution in [-0.2, 0) is 17.8 Å². The number of carbonyl (C=O) groups excluding carboxylic acids is 2. The van der Waals surface area contributed by atoms with Crippen molar-refractivity contribution in [2.24, 2.45) is 0 Å². The first-order valence-corrected chi connectivity index (χ1v) is 9.84. The number of carbonyl (C=O) groups is 2. The first-order valence-electron chi connectivity index (χ1n) is 9.84. The van der Waals surface area contributed by atoms with Gasteiger partial charge in [0.2, 0.25) is 5.91 Å². The van der Waals surface area contributed by atoms with Gasteiger partial charge in [0, 0.05) is 37.2 Å². The number of hydrogen-bond acceptors (Lipinski definition) is 3. The van der Waals surface area contributed by atoms with E-state index in [1.165, 1.54) is 16.0 Å². The van der Waals surface area contributed by atoms with Crippen molar-refractivity contribution in [3.05, 3.63) is 70.5 Å². The second-order valence-electron chi connectivity index (χ2n) is 7.97. The lowest BCUT2D eigenvalue weighted by Gasteiger charge is -2.11. The summed E-state index contributed by atoms with van der Waals surface area (Å²) in [5.41, 5.74) is 5.76. The van der Waals surface area contributed by atoms with Crippen molar-refractivity contribution in [3.8, 4) is 0 Å². The maximum absolute atomic E-state index is 12.5. The molecule has 0 radical (unpaired) electrons. The second-order valence-corrected chi connectivity index (χ2v) is 7.97. The molecule has 0 saturated heterocycles. The summed E-state index contributed by atoms with van der Waals surface area (Å²) in [7, 11) is 3.45. The monoisotopic (exact) mass is 392 g/mol. The normalized spacial score (nSPS) is 11.1. The van der Waals surface area contributed by atoms with Gasteiger partial charge < -0.3 is 14.6 Å². The summed E-state index contributed by atoms with van der Waals surface area (Å²) in [6.07, 6.45) is 1.94. The van der Waals surface area contributed by atoms with E-state index in [1.807, 2.05) is 18.2 Å². The molecule has 0 unspecified atom stereocenters. The van der Waals surface area contributed by atoms with E-state index in [9.17, 15) is 9.59 Å². The molecule has 29 heavy (non-hydrogen) atoms. The highest BCUT2D eigenvalue weighted by molar-refractivity contribution is 5.94. The van der Waals surface area contributed by atoms with E-state index in [0.29, 0.717) is 18.0 Å². The van der Waals surface area contributed by atoms with Gasteiger partial charge in [0.15, 0.2) is 0 Å². The van der Waals surface area contributed by atoms with Gasteiger partial charge in [-0.1, -0.05) is 26.0 Å². The Labute approximate surface area is 171 Å². The molecule has 0 atom stereocenters. The molecule has 0 saturated carbocycles.